The Morgan fingerprint density at radius 2 is 2.11 bits per heavy atom. The number of nitrogens with one attached hydrogen (secondary N) is 1. The molecule has 0 amide bonds. The first-order chi connectivity index (χ1) is 12.9. The number of hydrogen-bond acceptors (Lipinski definition) is 6. The number of aliphatic hydroxyl groups excluding tert-OH is 1. The van der Waals surface area contributed by atoms with Crippen molar-refractivity contribution >= 4 is 5.78 Å². The quantitative estimate of drug-likeness (QED) is 0.344. The number of benzene rings is 1. The van der Waals surface area contributed by atoms with Gasteiger partial charge in [0.2, 0.25) is 5.82 Å². The summed E-state index contributed by atoms with van der Waals surface area (Å²) in [7, 11) is 0. The van der Waals surface area contributed by atoms with Gasteiger partial charge in [-0.15, -0.1) is 0 Å². The molecule has 0 aliphatic carbocycles. The number of Topliss-reactive ketones (excluding diaryl/α,β-unsaturated/α-hetero) is 1. The van der Waals surface area contributed by atoms with Crippen molar-refractivity contribution in [1.29, 1.82) is 0 Å². The van der Waals surface area contributed by atoms with Crippen molar-refractivity contribution in [2.45, 2.75) is 30.9 Å². The molecule has 0 spiro atoms. The molecular weight excluding hydrogens is 361 g/mol. The lowest BCUT2D eigenvalue weighted by molar-refractivity contribution is -0.0531. The Morgan fingerprint density at radius 3 is 2.78 bits per heavy atom. The third kappa shape index (κ3) is 3.65. The molecule has 0 bridgehead atoms. The number of carbonyl (C=O) groups is 1. The highest BCUT2D eigenvalue weighted by Crippen LogP contribution is 2.32. The van der Waals surface area contributed by atoms with Crippen molar-refractivity contribution in [2.75, 3.05) is 0 Å². The molecule has 140 valence electrons. The van der Waals surface area contributed by atoms with Crippen LogP contribution in [0.25, 0.3) is 10.4 Å². The van der Waals surface area contributed by atoms with E-state index < -0.39 is 47.3 Å². The fourth-order valence-corrected chi connectivity index (χ4v) is 2.91. The molecule has 4 atom stereocenters. The second-order valence-electron chi connectivity index (χ2n) is 5.88. The van der Waals surface area contributed by atoms with Gasteiger partial charge >= 0.3 is 5.69 Å². The van der Waals surface area contributed by atoms with Crippen molar-refractivity contribution in [3.8, 4) is 0 Å². The summed E-state index contributed by atoms with van der Waals surface area (Å²) >= 11 is 0. The molecule has 1 aliphatic heterocycles. The zero-order chi connectivity index (χ0) is 19.6. The van der Waals surface area contributed by atoms with E-state index in [1.54, 1.807) is 23.2 Å². The predicted octanol–water partition coefficient (Wildman–Crippen LogP) is 0.886. The minimum atomic E-state index is -1.67. The molecule has 0 saturated carbocycles. The zero-order valence-corrected chi connectivity index (χ0v) is 13.7. The zero-order valence-electron chi connectivity index (χ0n) is 13.7. The van der Waals surface area contributed by atoms with Crippen LogP contribution in [0.3, 0.4) is 0 Å². The van der Waals surface area contributed by atoms with E-state index in [-0.39, 0.29) is 12.0 Å². The van der Waals surface area contributed by atoms with Crippen molar-refractivity contribution in [1.82, 2.24) is 9.55 Å². The molecule has 3 rings (SSSR count). The highest BCUT2D eigenvalue weighted by atomic mass is 19.1. The first-order valence-electron chi connectivity index (χ1n) is 7.90. The van der Waals surface area contributed by atoms with Gasteiger partial charge in [-0.3, -0.25) is 19.1 Å². The molecule has 1 aromatic carbocycles. The minimum absolute atomic E-state index is 0.0980. The summed E-state index contributed by atoms with van der Waals surface area (Å²) in [6.45, 7) is 0. The van der Waals surface area contributed by atoms with E-state index >= 15 is 0 Å². The predicted molar refractivity (Wildman–Crippen MR) is 89.5 cm³/mol. The second-order valence-corrected chi connectivity index (χ2v) is 5.88. The van der Waals surface area contributed by atoms with Gasteiger partial charge in [0.25, 0.3) is 5.56 Å². The molecule has 2 unspecified atom stereocenters. The van der Waals surface area contributed by atoms with Gasteiger partial charge in [-0.2, -0.15) is 4.39 Å². The lowest BCUT2D eigenvalue weighted by Gasteiger charge is -2.21. The summed E-state index contributed by atoms with van der Waals surface area (Å²) < 4.78 is 19.8. The largest absolute Gasteiger partial charge is 0.382 e. The van der Waals surface area contributed by atoms with Crippen molar-refractivity contribution in [3.63, 3.8) is 0 Å². The van der Waals surface area contributed by atoms with E-state index in [9.17, 15) is 23.9 Å². The molecule has 2 heterocycles. The molecule has 1 aliphatic rings. The number of ether oxygens (including phenoxy) is 1. The fourth-order valence-electron chi connectivity index (χ4n) is 2.91. The van der Waals surface area contributed by atoms with Crippen LogP contribution in [0.15, 0.2) is 51.2 Å². The van der Waals surface area contributed by atoms with Gasteiger partial charge in [-0.05, 0) is 5.53 Å². The maximum absolute atomic E-state index is 13.5. The average Bonchev–Trinajstić information content (AvgIpc) is 3.08. The van der Waals surface area contributed by atoms with Crippen molar-refractivity contribution in [2.24, 2.45) is 5.11 Å². The first-order valence-corrected chi connectivity index (χ1v) is 7.90. The number of carbonyl (C=O) groups excluding carboxylic acids is 1. The Morgan fingerprint density at radius 1 is 1.41 bits per heavy atom. The van der Waals surface area contributed by atoms with Gasteiger partial charge in [0.1, 0.15) is 18.4 Å². The topological polar surface area (TPSA) is 150 Å². The third-order valence-electron chi connectivity index (χ3n) is 4.21. The Labute approximate surface area is 150 Å². The normalized spacial score (nSPS) is 22.8. The van der Waals surface area contributed by atoms with Crippen LogP contribution in [-0.2, 0) is 4.74 Å². The molecule has 0 radical (unpaired) electrons. The monoisotopic (exact) mass is 375 g/mol. The third-order valence-corrected chi connectivity index (χ3v) is 4.21. The van der Waals surface area contributed by atoms with Gasteiger partial charge in [0, 0.05) is 16.9 Å². The minimum Gasteiger partial charge on any atom is -0.382 e. The van der Waals surface area contributed by atoms with Crippen LogP contribution in [-0.4, -0.2) is 38.7 Å². The van der Waals surface area contributed by atoms with Gasteiger partial charge in [-0.1, -0.05) is 35.4 Å². The van der Waals surface area contributed by atoms with Gasteiger partial charge in [0.05, 0.1) is 12.2 Å². The summed E-state index contributed by atoms with van der Waals surface area (Å²) in [6.07, 6.45) is -3.49. The number of H-pyrrole nitrogens is 1. The van der Waals surface area contributed by atoms with Crippen LogP contribution in [0.4, 0.5) is 4.39 Å². The fraction of sp³-hybridized carbons (Fsp3) is 0.312. The van der Waals surface area contributed by atoms with Crippen LogP contribution < -0.4 is 11.2 Å². The van der Waals surface area contributed by atoms with E-state index in [2.05, 4.69) is 10.0 Å². The molecule has 10 nitrogen and oxygen atoms in total. The summed E-state index contributed by atoms with van der Waals surface area (Å²) in [5.74, 6) is -1.86. The SMILES string of the molecule is [N-]=[N+]=NC1C[C@H](n2cc(F)c(=O)[nH]c2=O)O[C@@H]1C(O)C(=O)c1ccccc1. The molecular formula is C16H14FN5O5. The van der Waals surface area contributed by atoms with E-state index in [0.29, 0.717) is 6.20 Å². The number of aromatic nitrogens is 2. The smallest absolute Gasteiger partial charge is 0.330 e. The molecule has 1 saturated heterocycles. The number of ketones is 1. The number of rotatable bonds is 5. The van der Waals surface area contributed by atoms with E-state index in [1.807, 2.05) is 0 Å². The van der Waals surface area contributed by atoms with E-state index in [0.717, 1.165) is 4.57 Å². The standard InChI is InChI=1S/C16H14FN5O5/c17-9-7-22(16(26)19-15(9)25)11-6-10(20-21-18)14(27-11)13(24)12(23)8-4-2-1-3-5-8/h1-5,7,10-11,13-14,24H,6H2,(H,19,25,26)/t10?,11-,13?,14+/m1/s1. The Bertz CT molecular complexity index is 1010. The maximum atomic E-state index is 13.5. The summed E-state index contributed by atoms with van der Waals surface area (Å²) in [4.78, 5) is 40.0. The van der Waals surface area contributed by atoms with Crippen LogP contribution in [0.1, 0.15) is 23.0 Å². The Kier molecular flexibility index (Phi) is 5.17. The molecule has 2 aromatic rings. The summed E-state index contributed by atoms with van der Waals surface area (Å²) in [5.41, 5.74) is 6.84. The van der Waals surface area contributed by atoms with Crippen LogP contribution in [0, 0.1) is 5.82 Å². The number of azide groups is 1. The molecule has 1 aromatic heterocycles. The number of halogens is 1. The second kappa shape index (κ2) is 7.54. The van der Waals surface area contributed by atoms with E-state index in [4.69, 9.17) is 10.3 Å². The molecule has 27 heavy (non-hydrogen) atoms. The van der Waals surface area contributed by atoms with Crippen LogP contribution in [0.5, 0.6) is 0 Å². The highest BCUT2D eigenvalue weighted by Gasteiger charge is 2.43. The maximum Gasteiger partial charge on any atom is 0.330 e. The van der Waals surface area contributed by atoms with Crippen molar-refractivity contribution < 1.29 is 19.0 Å². The number of aromatic amines is 1. The highest BCUT2D eigenvalue weighted by molar-refractivity contribution is 5.99. The number of hydrogen-bond donors (Lipinski definition) is 2. The number of nitrogens with zero attached hydrogens (tertiary/aromatic N) is 4. The summed E-state index contributed by atoms with van der Waals surface area (Å²) in [6, 6.07) is 6.96. The first kappa shape index (κ1) is 18.5. The van der Waals surface area contributed by atoms with Gasteiger partial charge < -0.3 is 9.84 Å². The summed E-state index contributed by atoms with van der Waals surface area (Å²) in [5, 5.41) is 13.9. The molecule has 2 N–H and O–H groups in total. The van der Waals surface area contributed by atoms with Gasteiger partial charge in [-0.25, -0.2) is 4.79 Å². The van der Waals surface area contributed by atoms with E-state index in [1.165, 1.54) is 12.1 Å². The van der Waals surface area contributed by atoms with Crippen molar-refractivity contribution in [3.05, 3.63) is 79.2 Å². The average molecular weight is 375 g/mol. The Balaban J connectivity index is 1.90. The van der Waals surface area contributed by atoms with Crippen LogP contribution >= 0.6 is 0 Å². The lowest BCUT2D eigenvalue weighted by atomic mass is 9.98. The van der Waals surface area contributed by atoms with Crippen LogP contribution in [0.2, 0.25) is 0 Å². The lowest BCUT2D eigenvalue weighted by Crippen LogP contribution is -2.40. The number of aliphatic hydroxyl groups is 1. The van der Waals surface area contributed by atoms with Gasteiger partial charge in [0.15, 0.2) is 5.78 Å². The molecule has 1 fully saturated rings. The molecule has 11 heteroatoms. The Hall–Kier alpha value is -3.27.